The molecule has 2 aliphatic rings. The maximum Gasteiger partial charge on any atom is 0.161 e. The summed E-state index contributed by atoms with van der Waals surface area (Å²) in [6.45, 7) is 5.40. The van der Waals surface area contributed by atoms with Crippen LogP contribution in [0.4, 0.5) is 0 Å². The number of rotatable bonds is 4. The van der Waals surface area contributed by atoms with Crippen LogP contribution in [0.1, 0.15) is 51.0 Å². The SMILES string of the molecule is CCN1CCCCC1n1c(CC2CCCO2)nc2cccnc21. The monoisotopic (exact) mass is 314 g/mol. The lowest BCUT2D eigenvalue weighted by Crippen LogP contribution is -2.37. The lowest BCUT2D eigenvalue weighted by molar-refractivity contribution is 0.0905. The molecule has 2 fully saturated rings. The molecular formula is C18H26N4O. The summed E-state index contributed by atoms with van der Waals surface area (Å²) in [4.78, 5) is 12.1. The van der Waals surface area contributed by atoms with Crippen LogP contribution in [0.25, 0.3) is 11.2 Å². The fraction of sp³-hybridized carbons (Fsp3) is 0.667. The Morgan fingerprint density at radius 3 is 3.04 bits per heavy atom. The number of likely N-dealkylation sites (tertiary alicyclic amines) is 1. The third-order valence-corrected chi connectivity index (χ3v) is 5.24. The molecule has 0 aromatic carbocycles. The molecule has 0 amide bonds. The van der Waals surface area contributed by atoms with E-state index in [2.05, 4.69) is 27.4 Å². The smallest absolute Gasteiger partial charge is 0.161 e. The molecule has 2 atom stereocenters. The number of pyridine rings is 1. The van der Waals surface area contributed by atoms with Gasteiger partial charge in [0.15, 0.2) is 5.65 Å². The van der Waals surface area contributed by atoms with Gasteiger partial charge in [0.25, 0.3) is 0 Å². The Morgan fingerprint density at radius 2 is 2.22 bits per heavy atom. The number of aromatic nitrogens is 3. The van der Waals surface area contributed by atoms with E-state index in [-0.39, 0.29) is 0 Å². The molecule has 5 heteroatoms. The van der Waals surface area contributed by atoms with E-state index in [1.807, 2.05) is 12.3 Å². The second kappa shape index (κ2) is 6.57. The van der Waals surface area contributed by atoms with E-state index in [0.29, 0.717) is 12.3 Å². The minimum absolute atomic E-state index is 0.323. The molecule has 2 aromatic rings. The van der Waals surface area contributed by atoms with Gasteiger partial charge in [-0.3, -0.25) is 9.47 Å². The molecular weight excluding hydrogens is 288 g/mol. The Balaban J connectivity index is 1.75. The lowest BCUT2D eigenvalue weighted by Gasteiger charge is -2.36. The Bertz CT molecular complexity index is 662. The zero-order chi connectivity index (χ0) is 15.6. The van der Waals surface area contributed by atoms with E-state index in [1.165, 1.54) is 32.2 Å². The first-order valence-electron chi connectivity index (χ1n) is 9.04. The van der Waals surface area contributed by atoms with Crippen LogP contribution in [0.3, 0.4) is 0 Å². The van der Waals surface area contributed by atoms with Gasteiger partial charge in [0.05, 0.1) is 12.3 Å². The van der Waals surface area contributed by atoms with Crippen LogP contribution in [-0.4, -0.2) is 45.2 Å². The summed E-state index contributed by atoms with van der Waals surface area (Å²) in [5, 5.41) is 0. The van der Waals surface area contributed by atoms with Crippen LogP contribution in [0.2, 0.25) is 0 Å². The first kappa shape index (κ1) is 15.1. The van der Waals surface area contributed by atoms with Crippen LogP contribution in [0.5, 0.6) is 0 Å². The number of imidazole rings is 1. The van der Waals surface area contributed by atoms with Crippen molar-refractivity contribution in [3.63, 3.8) is 0 Å². The summed E-state index contributed by atoms with van der Waals surface area (Å²) in [6, 6.07) is 4.06. The predicted molar refractivity (Wildman–Crippen MR) is 90.3 cm³/mol. The highest BCUT2D eigenvalue weighted by atomic mass is 16.5. The zero-order valence-electron chi connectivity index (χ0n) is 13.9. The first-order valence-corrected chi connectivity index (χ1v) is 9.04. The Hall–Kier alpha value is -1.46. The molecule has 4 heterocycles. The quantitative estimate of drug-likeness (QED) is 0.869. The molecule has 2 unspecified atom stereocenters. The molecule has 0 radical (unpaired) electrons. The van der Waals surface area contributed by atoms with E-state index in [4.69, 9.17) is 9.72 Å². The fourth-order valence-corrected chi connectivity index (χ4v) is 4.08. The average Bonchev–Trinajstić information content (AvgIpc) is 3.22. The van der Waals surface area contributed by atoms with Crippen molar-refractivity contribution in [2.24, 2.45) is 0 Å². The molecule has 5 nitrogen and oxygen atoms in total. The summed E-state index contributed by atoms with van der Waals surface area (Å²) in [6.07, 6.45) is 9.61. The van der Waals surface area contributed by atoms with Crippen LogP contribution in [0.15, 0.2) is 18.3 Å². The minimum atomic E-state index is 0.323. The molecule has 0 aliphatic carbocycles. The van der Waals surface area contributed by atoms with Crippen molar-refractivity contribution in [3.05, 3.63) is 24.2 Å². The molecule has 23 heavy (non-hydrogen) atoms. The summed E-state index contributed by atoms with van der Waals surface area (Å²) < 4.78 is 8.26. The van der Waals surface area contributed by atoms with Gasteiger partial charge in [-0.05, 0) is 50.8 Å². The molecule has 0 bridgehead atoms. The zero-order valence-corrected chi connectivity index (χ0v) is 13.9. The van der Waals surface area contributed by atoms with Gasteiger partial charge < -0.3 is 4.74 Å². The molecule has 4 rings (SSSR count). The number of hydrogen-bond donors (Lipinski definition) is 0. The summed E-state index contributed by atoms with van der Waals surface area (Å²) in [7, 11) is 0. The van der Waals surface area contributed by atoms with Crippen molar-refractivity contribution in [3.8, 4) is 0 Å². The Morgan fingerprint density at radius 1 is 1.26 bits per heavy atom. The lowest BCUT2D eigenvalue weighted by atomic mass is 10.1. The summed E-state index contributed by atoms with van der Waals surface area (Å²) in [5.74, 6) is 1.15. The van der Waals surface area contributed by atoms with Gasteiger partial charge in [0.2, 0.25) is 0 Å². The highest BCUT2D eigenvalue weighted by Gasteiger charge is 2.28. The van der Waals surface area contributed by atoms with Crippen molar-refractivity contribution in [2.45, 2.75) is 57.7 Å². The fourth-order valence-electron chi connectivity index (χ4n) is 4.08. The molecule has 0 saturated carbocycles. The van der Waals surface area contributed by atoms with Crippen molar-refractivity contribution >= 4 is 11.2 Å². The molecule has 124 valence electrons. The van der Waals surface area contributed by atoms with Gasteiger partial charge in [-0.2, -0.15) is 0 Å². The summed E-state index contributed by atoms with van der Waals surface area (Å²) >= 11 is 0. The van der Waals surface area contributed by atoms with Crippen molar-refractivity contribution in [1.82, 2.24) is 19.4 Å². The second-order valence-corrected chi connectivity index (χ2v) is 6.69. The Labute approximate surface area is 137 Å². The third kappa shape index (κ3) is 2.88. The average molecular weight is 314 g/mol. The number of ether oxygens (including phenoxy) is 1. The standard InChI is InChI=1S/C18H26N4O/c1-2-21-11-4-3-9-17(21)22-16(13-14-7-6-12-23-14)20-15-8-5-10-19-18(15)22/h5,8,10,14,17H,2-4,6-7,9,11-13H2,1H3. The summed E-state index contributed by atoms with van der Waals surface area (Å²) in [5.41, 5.74) is 2.05. The van der Waals surface area contributed by atoms with E-state index in [0.717, 1.165) is 43.0 Å². The Kier molecular flexibility index (Phi) is 4.31. The number of fused-ring (bicyclic) bond motifs is 1. The van der Waals surface area contributed by atoms with E-state index >= 15 is 0 Å². The van der Waals surface area contributed by atoms with Crippen LogP contribution in [0, 0.1) is 0 Å². The van der Waals surface area contributed by atoms with Crippen LogP contribution >= 0.6 is 0 Å². The second-order valence-electron chi connectivity index (χ2n) is 6.69. The van der Waals surface area contributed by atoms with Crippen LogP contribution < -0.4 is 0 Å². The van der Waals surface area contributed by atoms with Crippen LogP contribution in [-0.2, 0) is 11.2 Å². The minimum Gasteiger partial charge on any atom is -0.378 e. The predicted octanol–water partition coefficient (Wildman–Crippen LogP) is 3.16. The topological polar surface area (TPSA) is 43.2 Å². The van der Waals surface area contributed by atoms with Gasteiger partial charge in [0, 0.05) is 25.8 Å². The largest absolute Gasteiger partial charge is 0.378 e. The van der Waals surface area contributed by atoms with Crippen molar-refractivity contribution in [1.29, 1.82) is 0 Å². The third-order valence-electron chi connectivity index (χ3n) is 5.24. The first-order chi connectivity index (χ1) is 11.4. The van der Waals surface area contributed by atoms with E-state index < -0.39 is 0 Å². The van der Waals surface area contributed by atoms with E-state index in [1.54, 1.807) is 0 Å². The van der Waals surface area contributed by atoms with Gasteiger partial charge >= 0.3 is 0 Å². The highest BCUT2D eigenvalue weighted by molar-refractivity contribution is 5.71. The van der Waals surface area contributed by atoms with E-state index in [9.17, 15) is 0 Å². The molecule has 0 spiro atoms. The van der Waals surface area contributed by atoms with Gasteiger partial charge in [0.1, 0.15) is 11.3 Å². The normalized spacial score (nSPS) is 26.1. The highest BCUT2D eigenvalue weighted by Crippen LogP contribution is 2.31. The maximum atomic E-state index is 5.86. The molecule has 2 saturated heterocycles. The van der Waals surface area contributed by atoms with Gasteiger partial charge in [-0.1, -0.05) is 6.92 Å². The molecule has 2 aromatic heterocycles. The number of nitrogens with zero attached hydrogens (tertiary/aromatic N) is 4. The van der Waals surface area contributed by atoms with Crippen molar-refractivity contribution < 1.29 is 4.74 Å². The van der Waals surface area contributed by atoms with Crippen molar-refractivity contribution in [2.75, 3.05) is 19.7 Å². The maximum absolute atomic E-state index is 5.86. The molecule has 2 aliphatic heterocycles. The number of hydrogen-bond acceptors (Lipinski definition) is 4. The molecule has 0 N–H and O–H groups in total. The van der Waals surface area contributed by atoms with Gasteiger partial charge in [-0.15, -0.1) is 0 Å². The van der Waals surface area contributed by atoms with Gasteiger partial charge in [-0.25, -0.2) is 9.97 Å². The number of piperidine rings is 1.